The summed E-state index contributed by atoms with van der Waals surface area (Å²) >= 11 is 1.40. The number of pyridine rings is 1. The van der Waals surface area contributed by atoms with E-state index in [0.29, 0.717) is 40.9 Å². The molecule has 0 aliphatic carbocycles. The summed E-state index contributed by atoms with van der Waals surface area (Å²) in [5.41, 5.74) is 9.97. The maximum Gasteiger partial charge on any atom is 0.236 e. The summed E-state index contributed by atoms with van der Waals surface area (Å²) < 4.78 is 0. The standard InChI is InChI=1S/C28H33N9O2S/c1-19(38)31-21-9-7-20(8-10-21)26-24(15-29)27(30)34-28(33-26)40-18-23-6-4-5-22(32-23)16-36-11-13-37(14-12-36)25(39)17-35(2)3/h4-10H,11-14,16-18H2,1-3H3,(H,31,38)(H2,30,33,34). The fourth-order valence-corrected chi connectivity index (χ4v) is 5.10. The predicted molar refractivity (Wildman–Crippen MR) is 155 cm³/mol. The van der Waals surface area contributed by atoms with Gasteiger partial charge in [0.05, 0.1) is 23.6 Å². The lowest BCUT2D eigenvalue weighted by Crippen LogP contribution is -2.50. The molecule has 1 aliphatic heterocycles. The molecule has 0 spiro atoms. The van der Waals surface area contributed by atoms with Gasteiger partial charge in [-0.1, -0.05) is 30.0 Å². The van der Waals surface area contributed by atoms with Crippen molar-refractivity contribution in [2.24, 2.45) is 0 Å². The molecule has 0 bridgehead atoms. The molecule has 1 aliphatic rings. The number of carbonyl (C=O) groups is 2. The number of nitrogens with two attached hydrogens (primary N) is 1. The monoisotopic (exact) mass is 559 g/mol. The van der Waals surface area contributed by atoms with E-state index in [4.69, 9.17) is 10.7 Å². The number of hydrogen-bond acceptors (Lipinski definition) is 10. The number of benzene rings is 1. The highest BCUT2D eigenvalue weighted by molar-refractivity contribution is 7.98. The summed E-state index contributed by atoms with van der Waals surface area (Å²) in [5.74, 6) is 0.652. The largest absolute Gasteiger partial charge is 0.382 e. The van der Waals surface area contributed by atoms with Crippen molar-refractivity contribution in [2.45, 2.75) is 24.4 Å². The zero-order valence-electron chi connectivity index (χ0n) is 22.9. The van der Waals surface area contributed by atoms with E-state index < -0.39 is 0 Å². The van der Waals surface area contributed by atoms with Crippen LogP contribution >= 0.6 is 11.8 Å². The minimum Gasteiger partial charge on any atom is -0.382 e. The SMILES string of the molecule is CC(=O)Nc1ccc(-c2nc(SCc3cccc(CN4CCN(C(=O)CN(C)C)CC4)n3)nc(N)c2C#N)cc1. The number of nitrogens with zero attached hydrogens (tertiary/aromatic N) is 7. The molecule has 11 nitrogen and oxygen atoms in total. The summed E-state index contributed by atoms with van der Waals surface area (Å²) in [6.45, 7) is 5.66. The zero-order chi connectivity index (χ0) is 28.6. The van der Waals surface area contributed by atoms with Crippen molar-refractivity contribution < 1.29 is 9.59 Å². The van der Waals surface area contributed by atoms with Crippen LogP contribution in [-0.4, -0.2) is 88.3 Å². The number of piperazine rings is 1. The van der Waals surface area contributed by atoms with Crippen LogP contribution < -0.4 is 11.1 Å². The number of nitrogens with one attached hydrogen (secondary N) is 1. The van der Waals surface area contributed by atoms with Gasteiger partial charge < -0.3 is 20.9 Å². The molecule has 2 amide bonds. The Hall–Kier alpha value is -4.05. The quantitative estimate of drug-likeness (QED) is 0.296. The minimum absolute atomic E-state index is 0.117. The first-order valence-corrected chi connectivity index (χ1v) is 13.9. The first-order valence-electron chi connectivity index (χ1n) is 12.9. The molecule has 0 radical (unpaired) electrons. The molecule has 3 heterocycles. The van der Waals surface area contributed by atoms with Gasteiger partial charge in [0.2, 0.25) is 11.8 Å². The van der Waals surface area contributed by atoms with Crippen LogP contribution in [0.3, 0.4) is 0 Å². The Morgan fingerprint density at radius 3 is 2.40 bits per heavy atom. The normalized spacial score (nSPS) is 13.7. The molecule has 0 saturated carbocycles. The van der Waals surface area contributed by atoms with Gasteiger partial charge in [0.25, 0.3) is 0 Å². The van der Waals surface area contributed by atoms with Crippen LogP contribution in [0.15, 0.2) is 47.6 Å². The Kier molecular flexibility index (Phi) is 9.65. The van der Waals surface area contributed by atoms with Crippen molar-refractivity contribution in [3.05, 3.63) is 59.4 Å². The molecule has 1 fully saturated rings. The summed E-state index contributed by atoms with van der Waals surface area (Å²) in [7, 11) is 3.81. The maximum atomic E-state index is 12.3. The van der Waals surface area contributed by atoms with Crippen LogP contribution in [0.4, 0.5) is 11.5 Å². The number of anilines is 2. The van der Waals surface area contributed by atoms with Crippen molar-refractivity contribution in [1.29, 1.82) is 5.26 Å². The predicted octanol–water partition coefficient (Wildman–Crippen LogP) is 2.45. The van der Waals surface area contributed by atoms with Crippen LogP contribution in [0.1, 0.15) is 23.9 Å². The highest BCUT2D eigenvalue weighted by atomic mass is 32.2. The Labute approximate surface area is 238 Å². The van der Waals surface area contributed by atoms with E-state index in [1.54, 1.807) is 24.3 Å². The van der Waals surface area contributed by atoms with Gasteiger partial charge >= 0.3 is 0 Å². The van der Waals surface area contributed by atoms with Gasteiger partial charge in [0.1, 0.15) is 17.5 Å². The molecule has 3 aromatic rings. The van der Waals surface area contributed by atoms with Gasteiger partial charge in [0.15, 0.2) is 5.16 Å². The number of nitriles is 1. The number of thioether (sulfide) groups is 1. The van der Waals surface area contributed by atoms with E-state index in [1.807, 2.05) is 42.1 Å². The number of hydrogen-bond donors (Lipinski definition) is 2. The van der Waals surface area contributed by atoms with Gasteiger partial charge in [-0.3, -0.25) is 19.5 Å². The van der Waals surface area contributed by atoms with E-state index in [1.165, 1.54) is 18.7 Å². The Bertz CT molecular complexity index is 1400. The summed E-state index contributed by atoms with van der Waals surface area (Å²) in [6, 6.07) is 15.1. The van der Waals surface area contributed by atoms with Crippen LogP contribution in [0.25, 0.3) is 11.3 Å². The third-order valence-electron chi connectivity index (χ3n) is 6.28. The fourth-order valence-electron chi connectivity index (χ4n) is 4.35. The molecule has 12 heteroatoms. The molecular weight excluding hydrogens is 526 g/mol. The van der Waals surface area contributed by atoms with Gasteiger partial charge in [-0.25, -0.2) is 9.97 Å². The van der Waals surface area contributed by atoms with E-state index in [9.17, 15) is 14.9 Å². The third kappa shape index (κ3) is 7.75. The number of carbonyl (C=O) groups excluding carboxylic acids is 2. The zero-order valence-corrected chi connectivity index (χ0v) is 23.7. The number of nitrogen functional groups attached to an aromatic ring is 1. The number of aromatic nitrogens is 3. The van der Waals surface area contributed by atoms with Crippen molar-refractivity contribution in [2.75, 3.05) is 57.9 Å². The molecule has 208 valence electrons. The Morgan fingerprint density at radius 1 is 1.05 bits per heavy atom. The molecule has 0 unspecified atom stereocenters. The lowest BCUT2D eigenvalue weighted by atomic mass is 10.1. The topological polar surface area (TPSA) is 144 Å². The second-order valence-corrected chi connectivity index (χ2v) is 10.7. The lowest BCUT2D eigenvalue weighted by molar-refractivity contribution is -0.133. The highest BCUT2D eigenvalue weighted by Crippen LogP contribution is 2.29. The van der Waals surface area contributed by atoms with Gasteiger partial charge in [-0.15, -0.1) is 0 Å². The van der Waals surface area contributed by atoms with Gasteiger partial charge in [-0.2, -0.15) is 5.26 Å². The van der Waals surface area contributed by atoms with Crippen LogP contribution in [0.5, 0.6) is 0 Å². The van der Waals surface area contributed by atoms with Gasteiger partial charge in [0, 0.05) is 56.7 Å². The van der Waals surface area contributed by atoms with Crippen molar-refractivity contribution in [3.8, 4) is 17.3 Å². The Morgan fingerprint density at radius 2 is 1.75 bits per heavy atom. The maximum absolute atomic E-state index is 12.3. The average Bonchev–Trinajstić information content (AvgIpc) is 2.92. The molecule has 0 atom stereocenters. The minimum atomic E-state index is -0.164. The smallest absolute Gasteiger partial charge is 0.236 e. The van der Waals surface area contributed by atoms with Crippen LogP contribution in [0, 0.1) is 11.3 Å². The molecular formula is C28H33N9O2S. The molecule has 40 heavy (non-hydrogen) atoms. The average molecular weight is 560 g/mol. The van der Waals surface area contributed by atoms with Crippen molar-refractivity contribution in [3.63, 3.8) is 0 Å². The summed E-state index contributed by atoms with van der Waals surface area (Å²) in [4.78, 5) is 43.5. The summed E-state index contributed by atoms with van der Waals surface area (Å²) in [6.07, 6.45) is 0. The van der Waals surface area contributed by atoms with E-state index >= 15 is 0 Å². The molecule has 1 saturated heterocycles. The highest BCUT2D eigenvalue weighted by Gasteiger charge is 2.22. The number of likely N-dealkylation sites (N-methyl/N-ethyl adjacent to an activating group) is 1. The van der Waals surface area contributed by atoms with Crippen LogP contribution in [-0.2, 0) is 21.9 Å². The Balaban J connectivity index is 1.39. The summed E-state index contributed by atoms with van der Waals surface area (Å²) in [5, 5.41) is 12.8. The number of amides is 2. The van der Waals surface area contributed by atoms with Crippen molar-refractivity contribution in [1.82, 2.24) is 29.7 Å². The van der Waals surface area contributed by atoms with E-state index in [-0.39, 0.29) is 23.2 Å². The second kappa shape index (κ2) is 13.3. The van der Waals surface area contributed by atoms with Gasteiger partial charge in [-0.05, 0) is 38.4 Å². The second-order valence-electron chi connectivity index (χ2n) is 9.79. The van der Waals surface area contributed by atoms with E-state index in [2.05, 4.69) is 26.3 Å². The lowest BCUT2D eigenvalue weighted by Gasteiger charge is -2.35. The molecule has 2 aromatic heterocycles. The first-order chi connectivity index (χ1) is 19.2. The third-order valence-corrected chi connectivity index (χ3v) is 7.16. The van der Waals surface area contributed by atoms with Crippen LogP contribution in [0.2, 0.25) is 0 Å². The molecule has 4 rings (SSSR count). The molecule has 3 N–H and O–H groups in total. The first kappa shape index (κ1) is 28.9. The van der Waals surface area contributed by atoms with Crippen molar-refractivity contribution >= 4 is 35.1 Å². The van der Waals surface area contributed by atoms with E-state index in [0.717, 1.165) is 37.6 Å². The molecule has 1 aromatic carbocycles. The number of rotatable bonds is 9. The fraction of sp³-hybridized carbons (Fsp3) is 0.357.